The lowest BCUT2D eigenvalue weighted by Gasteiger charge is -2.13. The second kappa shape index (κ2) is 4.07. The summed E-state index contributed by atoms with van der Waals surface area (Å²) in [4.78, 5) is 6.16. The lowest BCUT2D eigenvalue weighted by atomic mass is 10.3. The molecule has 66 valence electrons. The quantitative estimate of drug-likeness (QED) is 0.734. The van der Waals surface area contributed by atoms with Gasteiger partial charge in [0.15, 0.2) is 0 Å². The first-order chi connectivity index (χ1) is 5.74. The fourth-order valence-corrected chi connectivity index (χ4v) is 0.919. The molecule has 1 aromatic heterocycles. The molecular formula is C9H14N2O. The number of rotatable bonds is 3. The van der Waals surface area contributed by atoms with Gasteiger partial charge in [0.05, 0.1) is 5.69 Å². The number of hydrogen-bond acceptors (Lipinski definition) is 3. The molecule has 0 aliphatic heterocycles. The van der Waals surface area contributed by atoms with Crippen molar-refractivity contribution in [1.29, 1.82) is 0 Å². The fourth-order valence-electron chi connectivity index (χ4n) is 0.919. The molecule has 0 spiro atoms. The number of aromatic hydroxyl groups is 1. The summed E-state index contributed by atoms with van der Waals surface area (Å²) in [5.41, 5.74) is 0.738. The van der Waals surface area contributed by atoms with Crippen molar-refractivity contribution < 1.29 is 5.11 Å². The topological polar surface area (TPSA) is 36.4 Å². The van der Waals surface area contributed by atoms with Crippen molar-refractivity contribution in [1.82, 2.24) is 9.88 Å². The van der Waals surface area contributed by atoms with E-state index in [1.165, 1.54) is 0 Å². The molecule has 1 aromatic rings. The molecule has 0 unspecified atom stereocenters. The average molecular weight is 166 g/mol. The maximum Gasteiger partial charge on any atom is 0.138 e. The van der Waals surface area contributed by atoms with Crippen molar-refractivity contribution in [3.63, 3.8) is 0 Å². The van der Waals surface area contributed by atoms with Crippen LogP contribution in [-0.2, 0) is 6.54 Å². The Labute approximate surface area is 72.7 Å². The molecule has 3 heteroatoms. The van der Waals surface area contributed by atoms with Crippen LogP contribution in [0.25, 0.3) is 0 Å². The highest BCUT2D eigenvalue weighted by Gasteiger charge is 2.02. The van der Waals surface area contributed by atoms with Crippen molar-refractivity contribution >= 4 is 0 Å². The Morgan fingerprint density at radius 2 is 2.33 bits per heavy atom. The second-order valence-corrected chi connectivity index (χ2v) is 2.80. The molecule has 0 bridgehead atoms. The summed E-state index contributed by atoms with van der Waals surface area (Å²) >= 11 is 0. The van der Waals surface area contributed by atoms with Crippen molar-refractivity contribution in [2.75, 3.05) is 13.6 Å². The van der Waals surface area contributed by atoms with E-state index in [4.69, 9.17) is 0 Å². The maximum absolute atomic E-state index is 9.37. The van der Waals surface area contributed by atoms with Crippen LogP contribution in [0.1, 0.15) is 12.6 Å². The minimum Gasteiger partial charge on any atom is -0.506 e. The molecule has 0 aromatic carbocycles. The number of aromatic nitrogens is 1. The second-order valence-electron chi connectivity index (χ2n) is 2.80. The first-order valence-electron chi connectivity index (χ1n) is 4.05. The van der Waals surface area contributed by atoms with E-state index < -0.39 is 0 Å². The molecule has 3 nitrogen and oxygen atoms in total. The Bertz CT molecular complexity index is 250. The van der Waals surface area contributed by atoms with Gasteiger partial charge < -0.3 is 10.0 Å². The number of hydrogen-bond donors (Lipinski definition) is 1. The highest BCUT2D eigenvalue weighted by molar-refractivity contribution is 5.24. The summed E-state index contributed by atoms with van der Waals surface area (Å²) in [6, 6.07) is 3.39. The van der Waals surface area contributed by atoms with Gasteiger partial charge in [0.2, 0.25) is 0 Å². The first-order valence-corrected chi connectivity index (χ1v) is 4.05. The van der Waals surface area contributed by atoms with E-state index in [1.807, 2.05) is 7.05 Å². The molecule has 0 fully saturated rings. The van der Waals surface area contributed by atoms with Crippen molar-refractivity contribution in [2.45, 2.75) is 13.5 Å². The van der Waals surface area contributed by atoms with Gasteiger partial charge in [0.25, 0.3) is 0 Å². The standard InChI is InChI=1S/C9H14N2O/c1-3-11(2)7-8-9(12)5-4-6-10-8/h4-6,12H,3,7H2,1-2H3. The highest BCUT2D eigenvalue weighted by Crippen LogP contribution is 2.13. The molecule has 0 radical (unpaired) electrons. The largest absolute Gasteiger partial charge is 0.506 e. The van der Waals surface area contributed by atoms with Crippen LogP contribution in [-0.4, -0.2) is 28.6 Å². The molecule has 1 N–H and O–H groups in total. The predicted molar refractivity (Wildman–Crippen MR) is 47.9 cm³/mol. The summed E-state index contributed by atoms with van der Waals surface area (Å²) < 4.78 is 0. The molecule has 0 aliphatic rings. The van der Waals surface area contributed by atoms with Crippen LogP contribution in [0.15, 0.2) is 18.3 Å². The van der Waals surface area contributed by atoms with E-state index in [-0.39, 0.29) is 5.75 Å². The SMILES string of the molecule is CCN(C)Cc1ncccc1O. The van der Waals surface area contributed by atoms with Gasteiger partial charge in [-0.15, -0.1) is 0 Å². The summed E-state index contributed by atoms with van der Waals surface area (Å²) in [5.74, 6) is 0.276. The van der Waals surface area contributed by atoms with Gasteiger partial charge in [0.1, 0.15) is 5.75 Å². The zero-order chi connectivity index (χ0) is 8.97. The third kappa shape index (κ3) is 2.20. The monoisotopic (exact) mass is 166 g/mol. The van der Waals surface area contributed by atoms with Crippen LogP contribution in [0.5, 0.6) is 5.75 Å². The predicted octanol–water partition coefficient (Wildman–Crippen LogP) is 1.24. The summed E-state index contributed by atoms with van der Waals surface area (Å²) in [7, 11) is 1.99. The van der Waals surface area contributed by atoms with E-state index in [9.17, 15) is 5.11 Å². The highest BCUT2D eigenvalue weighted by atomic mass is 16.3. The van der Waals surface area contributed by atoms with E-state index in [0.29, 0.717) is 6.54 Å². The number of nitrogens with zero attached hydrogens (tertiary/aromatic N) is 2. The third-order valence-corrected chi connectivity index (χ3v) is 1.83. The van der Waals surface area contributed by atoms with E-state index in [1.54, 1.807) is 18.3 Å². The molecule has 1 rings (SSSR count). The van der Waals surface area contributed by atoms with E-state index >= 15 is 0 Å². The third-order valence-electron chi connectivity index (χ3n) is 1.83. The summed E-state index contributed by atoms with van der Waals surface area (Å²) in [6.07, 6.45) is 1.69. The number of pyridine rings is 1. The molecule has 0 amide bonds. The van der Waals surface area contributed by atoms with Crippen LogP contribution < -0.4 is 0 Å². The lowest BCUT2D eigenvalue weighted by molar-refractivity contribution is 0.332. The first kappa shape index (κ1) is 9.00. The zero-order valence-electron chi connectivity index (χ0n) is 7.49. The van der Waals surface area contributed by atoms with Crippen molar-refractivity contribution in [3.05, 3.63) is 24.0 Å². The van der Waals surface area contributed by atoms with Gasteiger partial charge in [0, 0.05) is 12.7 Å². The normalized spacial score (nSPS) is 10.6. The van der Waals surface area contributed by atoms with Gasteiger partial charge in [-0.05, 0) is 25.7 Å². The zero-order valence-corrected chi connectivity index (χ0v) is 7.49. The summed E-state index contributed by atoms with van der Waals surface area (Å²) in [5, 5.41) is 9.37. The molecule has 12 heavy (non-hydrogen) atoms. The average Bonchev–Trinajstić information content (AvgIpc) is 2.09. The Hall–Kier alpha value is -1.09. The Balaban J connectivity index is 2.69. The molecule has 1 heterocycles. The minimum atomic E-state index is 0.276. The van der Waals surface area contributed by atoms with E-state index in [2.05, 4.69) is 16.8 Å². The van der Waals surface area contributed by atoms with Crippen molar-refractivity contribution in [3.8, 4) is 5.75 Å². The van der Waals surface area contributed by atoms with Gasteiger partial charge in [-0.3, -0.25) is 4.98 Å². The molecule has 0 saturated carbocycles. The van der Waals surface area contributed by atoms with Crippen LogP contribution in [0.4, 0.5) is 0 Å². The maximum atomic E-state index is 9.37. The van der Waals surface area contributed by atoms with Crippen LogP contribution in [0.3, 0.4) is 0 Å². The smallest absolute Gasteiger partial charge is 0.138 e. The molecule has 0 saturated heterocycles. The molecule has 0 aliphatic carbocycles. The lowest BCUT2D eigenvalue weighted by Crippen LogP contribution is -2.17. The molecular weight excluding hydrogens is 152 g/mol. The van der Waals surface area contributed by atoms with E-state index in [0.717, 1.165) is 12.2 Å². The van der Waals surface area contributed by atoms with Crippen LogP contribution in [0, 0.1) is 0 Å². The van der Waals surface area contributed by atoms with Gasteiger partial charge in [-0.1, -0.05) is 6.92 Å². The van der Waals surface area contributed by atoms with Crippen molar-refractivity contribution in [2.24, 2.45) is 0 Å². The molecule has 0 atom stereocenters. The minimum absolute atomic E-state index is 0.276. The van der Waals surface area contributed by atoms with Gasteiger partial charge in [-0.2, -0.15) is 0 Å². The Kier molecular flexibility index (Phi) is 3.05. The Morgan fingerprint density at radius 3 is 2.92 bits per heavy atom. The summed E-state index contributed by atoms with van der Waals surface area (Å²) in [6.45, 7) is 3.72. The Morgan fingerprint density at radius 1 is 1.58 bits per heavy atom. The van der Waals surface area contributed by atoms with Crippen LogP contribution >= 0.6 is 0 Å². The van der Waals surface area contributed by atoms with Gasteiger partial charge >= 0.3 is 0 Å². The fraction of sp³-hybridized carbons (Fsp3) is 0.444. The van der Waals surface area contributed by atoms with Gasteiger partial charge in [-0.25, -0.2) is 0 Å². The van der Waals surface area contributed by atoms with Crippen LogP contribution in [0.2, 0.25) is 0 Å².